The SMILES string of the molecule is CC(C)C1NCCC2CCOC(O)C3CCCC(F)C3C3NC4C(CC3Cl)C(N3C[C@@H](C)CC[C@@H]3C)NC(=O)N4C21. The van der Waals surface area contributed by atoms with Crippen LogP contribution < -0.4 is 16.0 Å². The van der Waals surface area contributed by atoms with Gasteiger partial charge in [0.2, 0.25) is 0 Å². The molecule has 2 bridgehead atoms. The van der Waals surface area contributed by atoms with Gasteiger partial charge in [0.1, 0.15) is 6.17 Å². The maximum absolute atomic E-state index is 15.9. The highest BCUT2D eigenvalue weighted by molar-refractivity contribution is 6.21. The van der Waals surface area contributed by atoms with Crippen LogP contribution in [0.1, 0.15) is 79.1 Å². The third-order valence-electron chi connectivity index (χ3n) is 11.7. The lowest BCUT2D eigenvalue weighted by Gasteiger charge is -2.60. The Morgan fingerprint density at radius 2 is 1.88 bits per heavy atom. The third-order valence-corrected chi connectivity index (χ3v) is 12.1. The average Bonchev–Trinajstić information content (AvgIpc) is 2.93. The fraction of sp³-hybridized carbons (Fsp3) is 0.968. The van der Waals surface area contributed by atoms with E-state index in [1.807, 2.05) is 0 Å². The quantitative estimate of drug-likeness (QED) is 0.362. The molecule has 5 heterocycles. The van der Waals surface area contributed by atoms with Crippen molar-refractivity contribution in [2.24, 2.45) is 35.5 Å². The van der Waals surface area contributed by atoms with Crippen LogP contribution in [0, 0.1) is 35.5 Å². The lowest BCUT2D eigenvalue weighted by Crippen LogP contribution is -2.79. The number of carbonyl (C=O) groups excluding carboxylic acids is 1. The van der Waals surface area contributed by atoms with E-state index in [0.717, 1.165) is 45.2 Å². The Balaban J connectivity index is 1.42. The molecule has 12 unspecified atom stereocenters. The van der Waals surface area contributed by atoms with Crippen LogP contribution in [0.5, 0.6) is 0 Å². The van der Waals surface area contributed by atoms with Gasteiger partial charge in [0.15, 0.2) is 6.29 Å². The summed E-state index contributed by atoms with van der Waals surface area (Å²) < 4.78 is 21.9. The van der Waals surface area contributed by atoms with Crippen LogP contribution in [0.4, 0.5) is 9.18 Å². The molecule has 5 aliphatic heterocycles. The summed E-state index contributed by atoms with van der Waals surface area (Å²) >= 11 is 7.26. The Kier molecular flexibility index (Phi) is 9.14. The zero-order valence-electron chi connectivity index (χ0n) is 25.4. The molecule has 1 saturated carbocycles. The molecule has 2 amide bonds. The van der Waals surface area contributed by atoms with E-state index in [-0.39, 0.29) is 59.6 Å². The standard InChI is InChI=1S/C31H53ClFN5O3/c1-16(2)25-27-19(10-12-34-25)11-13-41-30(39)20-6-5-7-23(33)24(20)26-22(32)14-21-28(36-31(40)38(27)29(21)35-26)37-15-17(3)8-9-18(37)4/h16-30,34-35,39H,5-15H2,1-4H3,(H,36,40)/t17-,18-,19?,20?,21?,22?,23?,24?,25?,26?,27?,28?,29?,30?/m0/s1. The first-order chi connectivity index (χ1) is 19.7. The number of nitrogens with one attached hydrogen (secondary N) is 3. The van der Waals surface area contributed by atoms with Crippen molar-refractivity contribution in [3.63, 3.8) is 0 Å². The zero-order valence-corrected chi connectivity index (χ0v) is 26.1. The van der Waals surface area contributed by atoms with E-state index in [9.17, 15) is 9.90 Å². The van der Waals surface area contributed by atoms with Crippen LogP contribution >= 0.6 is 11.6 Å². The van der Waals surface area contributed by atoms with Crippen LogP contribution in [0.15, 0.2) is 0 Å². The van der Waals surface area contributed by atoms with E-state index in [0.29, 0.717) is 37.3 Å². The van der Waals surface area contributed by atoms with Crippen molar-refractivity contribution in [3.05, 3.63) is 0 Å². The second-order valence-electron chi connectivity index (χ2n) is 14.6. The number of fused-ring (bicyclic) bond motifs is 5. The summed E-state index contributed by atoms with van der Waals surface area (Å²) in [6.07, 6.45) is 4.21. The minimum Gasteiger partial charge on any atom is -0.368 e. The molecule has 5 saturated heterocycles. The van der Waals surface area contributed by atoms with Gasteiger partial charge >= 0.3 is 6.03 Å². The van der Waals surface area contributed by atoms with E-state index in [1.165, 1.54) is 6.42 Å². The summed E-state index contributed by atoms with van der Waals surface area (Å²) in [5.41, 5.74) is 0. The number of hydrogen-bond donors (Lipinski definition) is 4. The smallest absolute Gasteiger partial charge is 0.320 e. The van der Waals surface area contributed by atoms with Gasteiger partial charge in [-0.15, -0.1) is 11.6 Å². The Labute approximate surface area is 250 Å². The third kappa shape index (κ3) is 5.66. The first kappa shape index (κ1) is 30.3. The maximum Gasteiger partial charge on any atom is 0.320 e. The second kappa shape index (κ2) is 12.4. The molecule has 6 aliphatic rings. The van der Waals surface area contributed by atoms with Crippen LogP contribution in [0.3, 0.4) is 0 Å². The van der Waals surface area contributed by atoms with Crippen molar-refractivity contribution in [2.45, 2.75) is 133 Å². The number of hydrogen-bond acceptors (Lipinski definition) is 6. The van der Waals surface area contributed by atoms with Crippen LogP contribution in [0.2, 0.25) is 0 Å². The number of halogens is 2. The summed E-state index contributed by atoms with van der Waals surface area (Å²) in [4.78, 5) is 19.0. The largest absolute Gasteiger partial charge is 0.368 e. The first-order valence-electron chi connectivity index (χ1n) is 16.6. The molecular formula is C31H53ClFN5O3. The molecule has 0 aromatic carbocycles. The number of carbonyl (C=O) groups is 1. The van der Waals surface area contributed by atoms with E-state index in [2.05, 4.69) is 53.4 Å². The van der Waals surface area contributed by atoms with Crippen molar-refractivity contribution in [1.29, 1.82) is 0 Å². The highest BCUT2D eigenvalue weighted by Gasteiger charge is 2.57. The van der Waals surface area contributed by atoms with Crippen LogP contribution in [-0.2, 0) is 4.74 Å². The number of nitrogens with zero attached hydrogens (tertiary/aromatic N) is 2. The molecule has 0 radical (unpaired) electrons. The molecule has 0 aromatic rings. The molecule has 1 aliphatic carbocycles. The number of rotatable bonds is 2. The van der Waals surface area contributed by atoms with Crippen molar-refractivity contribution in [3.8, 4) is 0 Å². The van der Waals surface area contributed by atoms with Gasteiger partial charge in [0.25, 0.3) is 0 Å². The average molecular weight is 598 g/mol. The van der Waals surface area contributed by atoms with Crippen molar-refractivity contribution in [1.82, 2.24) is 25.8 Å². The molecule has 6 rings (SSSR count). The number of ether oxygens (including phenoxy) is 1. The van der Waals surface area contributed by atoms with Crippen molar-refractivity contribution >= 4 is 17.6 Å². The fourth-order valence-corrected chi connectivity index (χ4v) is 10.00. The molecule has 234 valence electrons. The molecule has 8 nitrogen and oxygen atoms in total. The molecule has 14 atom stereocenters. The van der Waals surface area contributed by atoms with Gasteiger partial charge in [-0.1, -0.05) is 27.2 Å². The number of piperidine rings is 3. The predicted octanol–water partition coefficient (Wildman–Crippen LogP) is 3.87. The van der Waals surface area contributed by atoms with Gasteiger partial charge < -0.3 is 25.4 Å². The molecule has 4 N–H and O–H groups in total. The number of urea groups is 1. The van der Waals surface area contributed by atoms with Crippen molar-refractivity contribution < 1.29 is 19.0 Å². The van der Waals surface area contributed by atoms with Crippen molar-refractivity contribution in [2.75, 3.05) is 19.7 Å². The summed E-state index contributed by atoms with van der Waals surface area (Å²) in [5.74, 6) is 0.429. The molecule has 6 fully saturated rings. The van der Waals surface area contributed by atoms with E-state index >= 15 is 4.39 Å². The highest BCUT2D eigenvalue weighted by atomic mass is 35.5. The lowest BCUT2D eigenvalue weighted by atomic mass is 9.69. The summed E-state index contributed by atoms with van der Waals surface area (Å²) in [6.45, 7) is 11.3. The lowest BCUT2D eigenvalue weighted by molar-refractivity contribution is -0.176. The zero-order chi connectivity index (χ0) is 29.0. The van der Waals surface area contributed by atoms with Gasteiger partial charge in [-0.2, -0.15) is 0 Å². The van der Waals surface area contributed by atoms with Crippen LogP contribution in [0.25, 0.3) is 0 Å². The minimum absolute atomic E-state index is 0.0275. The Bertz CT molecular complexity index is 932. The summed E-state index contributed by atoms with van der Waals surface area (Å²) in [7, 11) is 0. The van der Waals surface area contributed by atoms with Gasteiger partial charge in [0.05, 0.1) is 25.0 Å². The van der Waals surface area contributed by atoms with E-state index in [4.69, 9.17) is 16.3 Å². The number of aliphatic hydroxyl groups excluding tert-OH is 1. The maximum atomic E-state index is 15.9. The van der Waals surface area contributed by atoms with E-state index in [1.54, 1.807) is 0 Å². The molecule has 0 spiro atoms. The normalized spacial score (nSPS) is 49.8. The fourth-order valence-electron chi connectivity index (χ4n) is 9.55. The Morgan fingerprint density at radius 3 is 2.66 bits per heavy atom. The number of aliphatic hydroxyl groups is 1. The molecule has 10 heteroatoms. The Morgan fingerprint density at radius 1 is 1.07 bits per heavy atom. The minimum atomic E-state index is -1.07. The molecule has 0 aromatic heterocycles. The van der Waals surface area contributed by atoms with Crippen LogP contribution in [-0.4, -0.2) is 95.0 Å². The van der Waals surface area contributed by atoms with Gasteiger partial charge in [-0.3, -0.25) is 10.2 Å². The second-order valence-corrected chi connectivity index (χ2v) is 15.1. The number of likely N-dealkylation sites (tertiary alicyclic amines) is 1. The van der Waals surface area contributed by atoms with E-state index < -0.39 is 18.4 Å². The van der Waals surface area contributed by atoms with Gasteiger partial charge in [-0.05, 0) is 76.2 Å². The topological polar surface area (TPSA) is 89.1 Å². The first-order valence-corrected chi connectivity index (χ1v) is 17.0. The molecule has 41 heavy (non-hydrogen) atoms. The van der Waals surface area contributed by atoms with Gasteiger partial charge in [0, 0.05) is 47.8 Å². The highest BCUT2D eigenvalue weighted by Crippen LogP contribution is 2.46. The monoisotopic (exact) mass is 597 g/mol. The molecular weight excluding hydrogens is 545 g/mol. The number of alkyl halides is 2. The Hall–Kier alpha value is -0.710. The summed E-state index contributed by atoms with van der Waals surface area (Å²) in [6, 6.07) is 0.0799. The van der Waals surface area contributed by atoms with Gasteiger partial charge in [-0.25, -0.2) is 9.18 Å². The number of amides is 2. The predicted molar refractivity (Wildman–Crippen MR) is 158 cm³/mol. The summed E-state index contributed by atoms with van der Waals surface area (Å²) in [5, 5.41) is 22.0.